The molecule has 0 spiro atoms. The summed E-state index contributed by atoms with van der Waals surface area (Å²) in [5.41, 5.74) is 0. The second kappa shape index (κ2) is 9.57. The van der Waals surface area contributed by atoms with Crippen molar-refractivity contribution in [1.29, 1.82) is 0 Å². The molecule has 1 saturated heterocycles. The van der Waals surface area contributed by atoms with E-state index in [-0.39, 0.29) is 18.2 Å². The van der Waals surface area contributed by atoms with Crippen LogP contribution < -0.4 is 11.2 Å². The van der Waals surface area contributed by atoms with Gasteiger partial charge in [0.2, 0.25) is 5.91 Å². The maximum absolute atomic E-state index is 11.5. The lowest BCUT2D eigenvalue weighted by atomic mass is 9.99. The lowest BCUT2D eigenvalue weighted by molar-refractivity contribution is -0.300. The smallest absolute Gasteiger partial charge is 0.396 e. The standard InChI is InChI=1S/C12H21N3O10/c13-15(10(21)11(22)23)3-6(17)14-1-2-24-12-9(20)8(19)7(18)5(4-16)25-12/h5,7-9,12,16,18-20H,1-4,13H2,(H,14,17)(H,22,23)/t5-,7-,8+,9+,12+/m1/s1. The van der Waals surface area contributed by atoms with Crippen molar-refractivity contribution < 1.29 is 49.4 Å². The number of amides is 2. The molecule has 0 aromatic heterocycles. The van der Waals surface area contributed by atoms with Gasteiger partial charge in [0, 0.05) is 6.54 Å². The molecule has 25 heavy (non-hydrogen) atoms. The Balaban J connectivity index is 2.34. The molecule has 5 atom stereocenters. The Morgan fingerprint density at radius 3 is 2.36 bits per heavy atom. The summed E-state index contributed by atoms with van der Waals surface area (Å²) in [6.45, 7) is -1.59. The highest BCUT2D eigenvalue weighted by Gasteiger charge is 2.43. The number of carbonyl (C=O) groups is 3. The van der Waals surface area contributed by atoms with E-state index >= 15 is 0 Å². The number of ether oxygens (including phenoxy) is 2. The average molecular weight is 367 g/mol. The van der Waals surface area contributed by atoms with Gasteiger partial charge < -0.3 is 40.3 Å². The minimum atomic E-state index is -1.80. The van der Waals surface area contributed by atoms with Crippen molar-refractivity contribution in [1.82, 2.24) is 10.3 Å². The Kier molecular flexibility index (Phi) is 8.11. The van der Waals surface area contributed by atoms with Crippen LogP contribution in [0.5, 0.6) is 0 Å². The summed E-state index contributed by atoms with van der Waals surface area (Å²) in [7, 11) is 0. The number of nitrogens with zero attached hydrogens (tertiary/aromatic N) is 1. The molecule has 0 radical (unpaired) electrons. The minimum absolute atomic E-state index is 0.108. The highest BCUT2D eigenvalue weighted by molar-refractivity contribution is 6.31. The van der Waals surface area contributed by atoms with Gasteiger partial charge in [0.25, 0.3) is 0 Å². The number of carboxylic acids is 1. The fraction of sp³-hybridized carbons (Fsp3) is 0.750. The first-order chi connectivity index (χ1) is 11.7. The van der Waals surface area contributed by atoms with E-state index in [2.05, 4.69) is 5.32 Å². The van der Waals surface area contributed by atoms with Gasteiger partial charge in [0.15, 0.2) is 6.29 Å². The van der Waals surface area contributed by atoms with E-state index in [0.29, 0.717) is 0 Å². The highest BCUT2D eigenvalue weighted by Crippen LogP contribution is 2.21. The average Bonchev–Trinajstić information content (AvgIpc) is 2.57. The number of aliphatic carboxylic acids is 1. The van der Waals surface area contributed by atoms with Crippen LogP contribution in [-0.4, -0.2) is 105 Å². The molecule has 0 aromatic carbocycles. The summed E-state index contributed by atoms with van der Waals surface area (Å²) in [6, 6.07) is 0. The Morgan fingerprint density at radius 1 is 1.16 bits per heavy atom. The van der Waals surface area contributed by atoms with Crippen LogP contribution in [0.1, 0.15) is 0 Å². The Bertz CT molecular complexity index is 488. The summed E-state index contributed by atoms with van der Waals surface area (Å²) in [5.74, 6) is 1.09. The predicted octanol–water partition coefficient (Wildman–Crippen LogP) is -5.29. The van der Waals surface area contributed by atoms with Gasteiger partial charge in [0.1, 0.15) is 31.0 Å². The van der Waals surface area contributed by atoms with E-state index in [0.717, 1.165) is 0 Å². The first-order valence-electron chi connectivity index (χ1n) is 7.17. The molecule has 144 valence electrons. The fourth-order valence-electron chi connectivity index (χ4n) is 1.98. The zero-order chi connectivity index (χ0) is 19.1. The zero-order valence-electron chi connectivity index (χ0n) is 13.0. The molecule has 1 heterocycles. The molecule has 13 heteroatoms. The summed E-state index contributed by atoms with van der Waals surface area (Å²) >= 11 is 0. The normalized spacial score (nSPS) is 29.1. The van der Waals surface area contributed by atoms with Gasteiger partial charge in [-0.1, -0.05) is 0 Å². The zero-order valence-corrected chi connectivity index (χ0v) is 13.0. The molecule has 0 saturated carbocycles. The number of nitrogens with two attached hydrogens (primary N) is 1. The molecule has 8 N–H and O–H groups in total. The molecule has 1 aliphatic rings. The fourth-order valence-corrected chi connectivity index (χ4v) is 1.98. The molecular weight excluding hydrogens is 346 g/mol. The molecule has 1 fully saturated rings. The first kappa shape index (κ1) is 21.2. The van der Waals surface area contributed by atoms with Crippen molar-refractivity contribution >= 4 is 17.8 Å². The van der Waals surface area contributed by atoms with E-state index in [9.17, 15) is 29.7 Å². The Hall–Kier alpha value is -1.87. The Labute approximate surface area is 141 Å². The quantitative estimate of drug-likeness (QED) is 0.0742. The van der Waals surface area contributed by atoms with Crippen LogP contribution in [0.3, 0.4) is 0 Å². The molecular formula is C12H21N3O10. The summed E-state index contributed by atoms with van der Waals surface area (Å²) in [4.78, 5) is 32.8. The molecule has 0 aliphatic carbocycles. The molecule has 0 bridgehead atoms. The van der Waals surface area contributed by atoms with Gasteiger partial charge in [-0.25, -0.2) is 10.6 Å². The van der Waals surface area contributed by atoms with Crippen LogP contribution in [0, 0.1) is 0 Å². The van der Waals surface area contributed by atoms with Crippen LogP contribution in [0.15, 0.2) is 0 Å². The topological polar surface area (TPSA) is 212 Å². The molecule has 2 amide bonds. The first-order valence-corrected chi connectivity index (χ1v) is 7.17. The number of nitrogens with one attached hydrogen (secondary N) is 1. The van der Waals surface area contributed by atoms with Crippen molar-refractivity contribution in [3.05, 3.63) is 0 Å². The third-order valence-corrected chi connectivity index (χ3v) is 3.31. The van der Waals surface area contributed by atoms with Crippen LogP contribution in [0.25, 0.3) is 0 Å². The number of hydrazine groups is 1. The van der Waals surface area contributed by atoms with Crippen molar-refractivity contribution in [2.24, 2.45) is 5.84 Å². The van der Waals surface area contributed by atoms with Crippen LogP contribution >= 0.6 is 0 Å². The van der Waals surface area contributed by atoms with Crippen molar-refractivity contribution in [2.45, 2.75) is 30.7 Å². The third-order valence-electron chi connectivity index (χ3n) is 3.31. The van der Waals surface area contributed by atoms with Gasteiger partial charge in [-0.15, -0.1) is 0 Å². The van der Waals surface area contributed by atoms with E-state index in [4.69, 9.17) is 25.5 Å². The summed E-state index contributed by atoms with van der Waals surface area (Å²) in [5, 5.41) is 48.8. The summed E-state index contributed by atoms with van der Waals surface area (Å²) < 4.78 is 10.2. The minimum Gasteiger partial charge on any atom is -0.474 e. The predicted molar refractivity (Wildman–Crippen MR) is 76.3 cm³/mol. The van der Waals surface area contributed by atoms with E-state index in [1.807, 2.05) is 0 Å². The molecule has 0 unspecified atom stereocenters. The number of aliphatic hydroxyl groups is 4. The van der Waals surface area contributed by atoms with Gasteiger partial charge in [-0.2, -0.15) is 0 Å². The number of carbonyl (C=O) groups excluding carboxylic acids is 2. The molecule has 0 aromatic rings. The van der Waals surface area contributed by atoms with Gasteiger partial charge in [0.05, 0.1) is 13.2 Å². The maximum Gasteiger partial charge on any atom is 0.396 e. The van der Waals surface area contributed by atoms with Crippen LogP contribution in [-0.2, 0) is 23.9 Å². The monoisotopic (exact) mass is 367 g/mol. The number of aliphatic hydroxyl groups excluding tert-OH is 4. The second-order valence-electron chi connectivity index (χ2n) is 5.16. The highest BCUT2D eigenvalue weighted by atomic mass is 16.7. The molecule has 1 aliphatic heterocycles. The van der Waals surface area contributed by atoms with E-state index < -0.39 is 61.6 Å². The van der Waals surface area contributed by atoms with Crippen molar-refractivity contribution in [2.75, 3.05) is 26.3 Å². The van der Waals surface area contributed by atoms with Crippen LogP contribution in [0.2, 0.25) is 0 Å². The maximum atomic E-state index is 11.5. The van der Waals surface area contributed by atoms with Gasteiger partial charge in [-0.3, -0.25) is 14.6 Å². The van der Waals surface area contributed by atoms with E-state index in [1.165, 1.54) is 0 Å². The van der Waals surface area contributed by atoms with E-state index in [1.54, 1.807) is 0 Å². The Morgan fingerprint density at radius 2 is 1.80 bits per heavy atom. The summed E-state index contributed by atoms with van der Waals surface area (Å²) in [6.07, 6.45) is -7.13. The third kappa shape index (κ3) is 5.86. The number of rotatable bonds is 7. The lowest BCUT2D eigenvalue weighted by Crippen LogP contribution is -2.59. The lowest BCUT2D eigenvalue weighted by Gasteiger charge is -2.39. The van der Waals surface area contributed by atoms with Crippen molar-refractivity contribution in [3.63, 3.8) is 0 Å². The van der Waals surface area contributed by atoms with Crippen molar-refractivity contribution in [3.8, 4) is 0 Å². The largest absolute Gasteiger partial charge is 0.474 e. The van der Waals surface area contributed by atoms with Gasteiger partial charge >= 0.3 is 11.9 Å². The molecule has 13 nitrogen and oxygen atoms in total. The number of carboxylic acid groups (broad SMARTS) is 1. The van der Waals surface area contributed by atoms with Crippen LogP contribution in [0.4, 0.5) is 0 Å². The molecule has 1 rings (SSSR count). The SMILES string of the molecule is NN(CC(=O)NCCO[C@H]1O[C@H](CO)[C@@H](O)[C@H](O)[C@@H]1O)C(=O)C(=O)O. The second-order valence-corrected chi connectivity index (χ2v) is 5.16. The van der Waals surface area contributed by atoms with Gasteiger partial charge in [-0.05, 0) is 0 Å². The number of hydrogen-bond acceptors (Lipinski definition) is 10. The number of hydrogen-bond donors (Lipinski definition) is 7.